The van der Waals surface area contributed by atoms with Crippen LogP contribution in [0.5, 0.6) is 0 Å². The second-order valence-corrected chi connectivity index (χ2v) is 6.12. The van der Waals surface area contributed by atoms with Gasteiger partial charge >= 0.3 is 0 Å². The summed E-state index contributed by atoms with van der Waals surface area (Å²) in [6.45, 7) is 0.954. The molecule has 0 aromatic carbocycles. The number of hydrogen-bond donors (Lipinski definition) is 8. The van der Waals surface area contributed by atoms with E-state index in [4.69, 9.17) is 14.2 Å². The number of aliphatic hydroxyl groups excluding tert-OH is 7. The van der Waals surface area contributed by atoms with E-state index < -0.39 is 74.6 Å². The van der Waals surface area contributed by atoms with Gasteiger partial charge in [0.05, 0.1) is 19.3 Å². The first-order chi connectivity index (χ1) is 11.8. The van der Waals surface area contributed by atoms with Gasteiger partial charge in [-0.05, 0) is 6.54 Å². The fourth-order valence-electron chi connectivity index (χ4n) is 3.04. The van der Waals surface area contributed by atoms with Gasteiger partial charge in [0.1, 0.15) is 42.7 Å². The van der Waals surface area contributed by atoms with Crippen molar-refractivity contribution in [3.63, 3.8) is 0 Å². The summed E-state index contributed by atoms with van der Waals surface area (Å²) in [5, 5.41) is 71.4. The summed E-state index contributed by atoms with van der Waals surface area (Å²) >= 11 is 0. The van der Waals surface area contributed by atoms with Crippen molar-refractivity contribution < 1.29 is 50.0 Å². The molecule has 2 fully saturated rings. The van der Waals surface area contributed by atoms with E-state index >= 15 is 0 Å². The molecule has 0 amide bonds. The number of aliphatic hydroxyl groups is 7. The van der Waals surface area contributed by atoms with Crippen molar-refractivity contribution in [2.45, 2.75) is 68.3 Å². The van der Waals surface area contributed by atoms with Crippen LogP contribution in [0.25, 0.3) is 0 Å². The first-order valence-corrected chi connectivity index (χ1v) is 8.17. The standard InChI is InChI=1S/C14H27NO10/c1-2-15-7-9(19)12(6(4-17)23-13(7)22)25-14-11(21)10(20)8(18)5(3-16)24-14/h5-22H,2-4H2,1H3/t5-,6-,7-,8+,9-,10+,11-,12-,13?,14+/m1/s1. The predicted octanol–water partition coefficient (Wildman–Crippen LogP) is -4.78. The van der Waals surface area contributed by atoms with Gasteiger partial charge < -0.3 is 55.3 Å². The van der Waals surface area contributed by atoms with E-state index in [1.807, 2.05) is 0 Å². The molecule has 0 aromatic heterocycles. The Morgan fingerprint density at radius 1 is 0.840 bits per heavy atom. The van der Waals surface area contributed by atoms with Gasteiger partial charge in [0.15, 0.2) is 12.6 Å². The number of ether oxygens (including phenoxy) is 3. The zero-order chi connectivity index (χ0) is 18.7. The minimum absolute atomic E-state index is 0.415. The van der Waals surface area contributed by atoms with Crippen LogP contribution in [0, 0.1) is 0 Å². The molecule has 2 rings (SSSR count). The average molecular weight is 369 g/mol. The fourth-order valence-corrected chi connectivity index (χ4v) is 3.04. The molecule has 1 unspecified atom stereocenters. The molecule has 11 heteroatoms. The van der Waals surface area contributed by atoms with Crippen LogP contribution in [0.1, 0.15) is 6.92 Å². The van der Waals surface area contributed by atoms with E-state index in [1.54, 1.807) is 6.92 Å². The fraction of sp³-hybridized carbons (Fsp3) is 1.00. The highest BCUT2D eigenvalue weighted by atomic mass is 16.7. The van der Waals surface area contributed by atoms with Crippen molar-refractivity contribution in [1.29, 1.82) is 0 Å². The number of hydrogen-bond acceptors (Lipinski definition) is 11. The van der Waals surface area contributed by atoms with Crippen LogP contribution >= 0.6 is 0 Å². The highest BCUT2D eigenvalue weighted by molar-refractivity contribution is 4.96. The molecule has 0 saturated carbocycles. The Morgan fingerprint density at radius 3 is 2.04 bits per heavy atom. The van der Waals surface area contributed by atoms with Gasteiger partial charge in [0.25, 0.3) is 0 Å². The average Bonchev–Trinajstić information content (AvgIpc) is 2.60. The van der Waals surface area contributed by atoms with Crippen LogP contribution in [-0.4, -0.2) is 117 Å². The van der Waals surface area contributed by atoms with E-state index in [1.165, 1.54) is 0 Å². The van der Waals surface area contributed by atoms with Gasteiger partial charge in [0, 0.05) is 0 Å². The van der Waals surface area contributed by atoms with Crippen LogP contribution in [-0.2, 0) is 14.2 Å². The van der Waals surface area contributed by atoms with Crippen molar-refractivity contribution in [2.24, 2.45) is 0 Å². The van der Waals surface area contributed by atoms with Gasteiger partial charge in [-0.3, -0.25) is 0 Å². The van der Waals surface area contributed by atoms with E-state index in [2.05, 4.69) is 5.32 Å². The molecular weight excluding hydrogens is 342 g/mol. The molecule has 0 aliphatic carbocycles. The van der Waals surface area contributed by atoms with Gasteiger partial charge in [-0.2, -0.15) is 0 Å². The summed E-state index contributed by atoms with van der Waals surface area (Å²) in [5.74, 6) is 0. The molecule has 0 spiro atoms. The molecule has 0 aromatic rings. The lowest BCUT2D eigenvalue weighted by molar-refractivity contribution is -0.345. The third kappa shape index (κ3) is 4.28. The Kier molecular flexibility index (Phi) is 7.49. The van der Waals surface area contributed by atoms with Crippen molar-refractivity contribution in [3.05, 3.63) is 0 Å². The molecular formula is C14H27NO10. The van der Waals surface area contributed by atoms with E-state index in [-0.39, 0.29) is 0 Å². The lowest BCUT2D eigenvalue weighted by Gasteiger charge is -2.46. The summed E-state index contributed by atoms with van der Waals surface area (Å²) in [6.07, 6.45) is -12.6. The van der Waals surface area contributed by atoms with Crippen molar-refractivity contribution in [1.82, 2.24) is 5.32 Å². The number of rotatable bonds is 6. The molecule has 10 atom stereocenters. The van der Waals surface area contributed by atoms with Gasteiger partial charge in [-0.1, -0.05) is 6.92 Å². The monoisotopic (exact) mass is 369 g/mol. The van der Waals surface area contributed by atoms with Gasteiger partial charge in [-0.25, -0.2) is 0 Å². The highest BCUT2D eigenvalue weighted by Gasteiger charge is 2.50. The zero-order valence-electron chi connectivity index (χ0n) is 13.8. The number of nitrogens with one attached hydrogen (secondary N) is 1. The highest BCUT2D eigenvalue weighted by Crippen LogP contribution is 2.28. The number of likely N-dealkylation sites (N-methyl/N-ethyl adjacent to an activating group) is 1. The molecule has 0 radical (unpaired) electrons. The molecule has 2 aliphatic rings. The summed E-state index contributed by atoms with van der Waals surface area (Å²) < 4.78 is 15.9. The van der Waals surface area contributed by atoms with E-state index in [0.29, 0.717) is 6.54 Å². The van der Waals surface area contributed by atoms with E-state index in [9.17, 15) is 35.7 Å². The SMILES string of the molecule is CCN[C@H]1C(O)O[C@H](CO)[C@@H](O[C@@H]2O[C@H](CO)[C@H](O)[C@H](O)[C@H]2O)[C@@H]1O. The molecule has 2 saturated heterocycles. The topological polar surface area (TPSA) is 181 Å². The van der Waals surface area contributed by atoms with Crippen LogP contribution in [0.15, 0.2) is 0 Å². The van der Waals surface area contributed by atoms with Gasteiger partial charge in [-0.15, -0.1) is 0 Å². The predicted molar refractivity (Wildman–Crippen MR) is 80.1 cm³/mol. The maximum Gasteiger partial charge on any atom is 0.187 e. The molecule has 11 nitrogen and oxygen atoms in total. The van der Waals surface area contributed by atoms with Crippen molar-refractivity contribution in [3.8, 4) is 0 Å². The molecule has 0 bridgehead atoms. The maximum absolute atomic E-state index is 10.5. The molecule has 148 valence electrons. The molecule has 25 heavy (non-hydrogen) atoms. The largest absolute Gasteiger partial charge is 0.394 e. The quantitative estimate of drug-likeness (QED) is 0.225. The second-order valence-electron chi connectivity index (χ2n) is 6.12. The van der Waals surface area contributed by atoms with Crippen molar-refractivity contribution in [2.75, 3.05) is 19.8 Å². The van der Waals surface area contributed by atoms with E-state index in [0.717, 1.165) is 0 Å². The molecule has 8 N–H and O–H groups in total. The minimum Gasteiger partial charge on any atom is -0.394 e. The Morgan fingerprint density at radius 2 is 1.48 bits per heavy atom. The van der Waals surface area contributed by atoms with Crippen LogP contribution < -0.4 is 5.32 Å². The Labute approximate surface area is 144 Å². The Bertz CT molecular complexity index is 413. The van der Waals surface area contributed by atoms with Gasteiger partial charge in [0.2, 0.25) is 0 Å². The first kappa shape index (κ1) is 20.9. The first-order valence-electron chi connectivity index (χ1n) is 8.17. The maximum atomic E-state index is 10.5. The molecule has 2 aliphatic heterocycles. The lowest BCUT2D eigenvalue weighted by atomic mass is 9.95. The van der Waals surface area contributed by atoms with Crippen LogP contribution in [0.4, 0.5) is 0 Å². The van der Waals surface area contributed by atoms with Crippen molar-refractivity contribution >= 4 is 0 Å². The second kappa shape index (κ2) is 8.97. The Balaban J connectivity index is 2.14. The Hall–Kier alpha value is -0.440. The summed E-state index contributed by atoms with van der Waals surface area (Å²) in [4.78, 5) is 0. The summed E-state index contributed by atoms with van der Waals surface area (Å²) in [5.41, 5.74) is 0. The lowest BCUT2D eigenvalue weighted by Crippen LogP contribution is -2.66. The normalized spacial score (nSPS) is 48.5. The zero-order valence-corrected chi connectivity index (χ0v) is 13.8. The minimum atomic E-state index is -1.66. The summed E-state index contributed by atoms with van der Waals surface area (Å²) in [6, 6.07) is -0.914. The van der Waals surface area contributed by atoms with Crippen LogP contribution in [0.3, 0.4) is 0 Å². The summed E-state index contributed by atoms with van der Waals surface area (Å²) in [7, 11) is 0. The third-order valence-electron chi connectivity index (χ3n) is 4.45. The smallest absolute Gasteiger partial charge is 0.187 e. The third-order valence-corrected chi connectivity index (χ3v) is 4.45. The van der Waals surface area contributed by atoms with Crippen LogP contribution in [0.2, 0.25) is 0 Å². The molecule has 2 heterocycles.